The molecule has 5 nitrogen and oxygen atoms in total. The minimum atomic E-state index is -0.141. The summed E-state index contributed by atoms with van der Waals surface area (Å²) in [5, 5.41) is 3.16. The van der Waals surface area contributed by atoms with Gasteiger partial charge >= 0.3 is 0 Å². The van der Waals surface area contributed by atoms with Crippen LogP contribution >= 0.6 is 0 Å². The zero-order chi connectivity index (χ0) is 18.7. The van der Waals surface area contributed by atoms with Gasteiger partial charge in [-0.1, -0.05) is 38.1 Å². The first kappa shape index (κ1) is 18.0. The fraction of sp³-hybridized carbons (Fsp3) is 0.333. The molecule has 136 valence electrons. The van der Waals surface area contributed by atoms with E-state index in [1.54, 1.807) is 7.11 Å². The Morgan fingerprint density at radius 3 is 2.46 bits per heavy atom. The molecule has 3 rings (SSSR count). The number of fused-ring (bicyclic) bond motifs is 1. The molecule has 0 bridgehead atoms. The van der Waals surface area contributed by atoms with Gasteiger partial charge in [0.15, 0.2) is 0 Å². The third-order valence-electron chi connectivity index (χ3n) is 4.61. The monoisotopic (exact) mass is 351 g/mol. The lowest BCUT2D eigenvalue weighted by atomic mass is 10.0. The number of imidazole rings is 1. The van der Waals surface area contributed by atoms with Crippen LogP contribution in [0.2, 0.25) is 0 Å². The molecule has 1 heterocycles. The van der Waals surface area contributed by atoms with Gasteiger partial charge in [-0.3, -0.25) is 4.79 Å². The van der Waals surface area contributed by atoms with Crippen LogP contribution in [0.5, 0.6) is 5.75 Å². The maximum Gasteiger partial charge on any atom is 0.225 e. The summed E-state index contributed by atoms with van der Waals surface area (Å²) in [7, 11) is 3.63. The molecule has 3 aromatic rings. The van der Waals surface area contributed by atoms with Crippen molar-refractivity contribution in [1.29, 1.82) is 0 Å². The number of methoxy groups -OCH3 is 1. The number of carbonyl (C=O) groups excluding carboxylic acids is 1. The predicted molar refractivity (Wildman–Crippen MR) is 103 cm³/mol. The van der Waals surface area contributed by atoms with E-state index in [1.807, 2.05) is 55.6 Å². The van der Waals surface area contributed by atoms with Gasteiger partial charge in [0, 0.05) is 7.05 Å². The average molecular weight is 351 g/mol. The molecular formula is C21H25N3O2. The maximum absolute atomic E-state index is 12.6. The molecule has 0 spiro atoms. The number of hydrogen-bond donors (Lipinski definition) is 1. The first-order chi connectivity index (χ1) is 12.5. The third-order valence-corrected chi connectivity index (χ3v) is 4.61. The number of amides is 1. The molecular weight excluding hydrogens is 326 g/mol. The van der Waals surface area contributed by atoms with Crippen LogP contribution in [0.25, 0.3) is 11.0 Å². The van der Waals surface area contributed by atoms with E-state index in [0.717, 1.165) is 28.2 Å². The number of rotatable bonds is 6. The lowest BCUT2D eigenvalue weighted by Crippen LogP contribution is -2.34. The number of carbonyl (C=O) groups is 1. The van der Waals surface area contributed by atoms with Crippen molar-refractivity contribution in [2.24, 2.45) is 13.0 Å². The summed E-state index contributed by atoms with van der Waals surface area (Å²) >= 11 is 0. The lowest BCUT2D eigenvalue weighted by molar-refractivity contribution is -0.121. The zero-order valence-corrected chi connectivity index (χ0v) is 15.7. The van der Waals surface area contributed by atoms with Gasteiger partial charge in [-0.25, -0.2) is 4.98 Å². The first-order valence-electron chi connectivity index (χ1n) is 8.83. The van der Waals surface area contributed by atoms with Crippen LogP contribution in [0.4, 0.5) is 0 Å². The van der Waals surface area contributed by atoms with Crippen LogP contribution in [0.3, 0.4) is 0 Å². The van der Waals surface area contributed by atoms with Crippen molar-refractivity contribution in [3.05, 3.63) is 59.9 Å². The van der Waals surface area contributed by atoms with Crippen LogP contribution in [-0.4, -0.2) is 22.6 Å². The van der Waals surface area contributed by atoms with E-state index in [1.165, 1.54) is 0 Å². The maximum atomic E-state index is 12.6. The van der Waals surface area contributed by atoms with Crippen LogP contribution in [0.15, 0.2) is 48.5 Å². The Balaban J connectivity index is 1.79. The molecule has 2 aromatic carbocycles. The molecule has 0 saturated carbocycles. The molecule has 1 N–H and O–H groups in total. The molecule has 0 aliphatic carbocycles. The molecule has 1 aromatic heterocycles. The average Bonchev–Trinajstić information content (AvgIpc) is 2.97. The van der Waals surface area contributed by atoms with Gasteiger partial charge in [-0.05, 0) is 35.7 Å². The molecule has 5 heteroatoms. The van der Waals surface area contributed by atoms with Gasteiger partial charge in [-0.2, -0.15) is 0 Å². The Bertz CT molecular complexity index is 897. The molecule has 26 heavy (non-hydrogen) atoms. The van der Waals surface area contributed by atoms with Crippen molar-refractivity contribution < 1.29 is 9.53 Å². The second-order valence-electron chi connectivity index (χ2n) is 6.83. The van der Waals surface area contributed by atoms with E-state index in [-0.39, 0.29) is 17.9 Å². The highest BCUT2D eigenvalue weighted by Crippen LogP contribution is 2.25. The molecule has 0 aliphatic heterocycles. The number of hydrogen-bond acceptors (Lipinski definition) is 3. The summed E-state index contributed by atoms with van der Waals surface area (Å²) in [5.74, 6) is 1.88. The van der Waals surface area contributed by atoms with Gasteiger partial charge in [0.25, 0.3) is 0 Å². The van der Waals surface area contributed by atoms with Gasteiger partial charge in [0.05, 0.1) is 30.6 Å². The quantitative estimate of drug-likeness (QED) is 0.738. The number of nitrogens with one attached hydrogen (secondary N) is 1. The number of para-hydroxylation sites is 2. The fourth-order valence-corrected chi connectivity index (χ4v) is 3.12. The van der Waals surface area contributed by atoms with Crippen molar-refractivity contribution in [3.63, 3.8) is 0 Å². The van der Waals surface area contributed by atoms with Crippen molar-refractivity contribution in [1.82, 2.24) is 14.9 Å². The van der Waals surface area contributed by atoms with Crippen molar-refractivity contribution in [2.75, 3.05) is 7.11 Å². The van der Waals surface area contributed by atoms with Crippen molar-refractivity contribution in [3.8, 4) is 5.75 Å². The molecule has 0 fully saturated rings. The molecule has 1 amide bonds. The molecule has 0 saturated heterocycles. The fourth-order valence-electron chi connectivity index (χ4n) is 3.12. The van der Waals surface area contributed by atoms with E-state index in [4.69, 9.17) is 9.72 Å². The van der Waals surface area contributed by atoms with E-state index >= 15 is 0 Å². The lowest BCUT2D eigenvalue weighted by Gasteiger charge is -2.22. The Labute approximate surface area is 154 Å². The van der Waals surface area contributed by atoms with E-state index < -0.39 is 0 Å². The van der Waals surface area contributed by atoms with Gasteiger partial charge in [-0.15, -0.1) is 0 Å². The van der Waals surface area contributed by atoms with E-state index in [0.29, 0.717) is 6.42 Å². The Morgan fingerprint density at radius 1 is 1.15 bits per heavy atom. The highest BCUT2D eigenvalue weighted by molar-refractivity contribution is 5.80. The minimum Gasteiger partial charge on any atom is -0.497 e. The Hall–Kier alpha value is -2.82. The zero-order valence-electron chi connectivity index (χ0n) is 15.7. The summed E-state index contributed by atoms with van der Waals surface area (Å²) in [6, 6.07) is 15.4. The standard InChI is InChI=1S/C21H25N3O2/c1-14(2)20(21-22-17-7-5-6-8-18(17)24(21)3)23-19(25)13-15-9-11-16(26-4)12-10-15/h5-12,14,20H,13H2,1-4H3,(H,23,25)/t20-/m0/s1. The Kier molecular flexibility index (Phi) is 5.26. The van der Waals surface area contributed by atoms with Crippen molar-refractivity contribution in [2.45, 2.75) is 26.3 Å². The summed E-state index contributed by atoms with van der Waals surface area (Å²) in [6.07, 6.45) is 0.331. The first-order valence-corrected chi connectivity index (χ1v) is 8.83. The largest absolute Gasteiger partial charge is 0.497 e. The van der Waals surface area contributed by atoms with Crippen LogP contribution < -0.4 is 10.1 Å². The van der Waals surface area contributed by atoms with E-state index in [2.05, 4.69) is 23.7 Å². The van der Waals surface area contributed by atoms with Crippen LogP contribution in [-0.2, 0) is 18.3 Å². The molecule has 0 unspecified atom stereocenters. The third kappa shape index (κ3) is 3.72. The second-order valence-corrected chi connectivity index (χ2v) is 6.83. The Morgan fingerprint density at radius 2 is 1.85 bits per heavy atom. The van der Waals surface area contributed by atoms with E-state index in [9.17, 15) is 4.79 Å². The van der Waals surface area contributed by atoms with Crippen LogP contribution in [0.1, 0.15) is 31.3 Å². The minimum absolute atomic E-state index is 0.0130. The molecule has 0 radical (unpaired) electrons. The molecule has 1 atom stereocenters. The second kappa shape index (κ2) is 7.60. The summed E-state index contributed by atoms with van der Waals surface area (Å²) in [5.41, 5.74) is 2.97. The number of benzene rings is 2. The van der Waals surface area contributed by atoms with Crippen molar-refractivity contribution >= 4 is 16.9 Å². The number of ether oxygens (including phenoxy) is 1. The summed E-state index contributed by atoms with van der Waals surface area (Å²) in [4.78, 5) is 17.4. The smallest absolute Gasteiger partial charge is 0.225 e. The SMILES string of the molecule is COc1ccc(CC(=O)N[C@H](c2nc3ccccc3n2C)C(C)C)cc1. The topological polar surface area (TPSA) is 56.1 Å². The predicted octanol–water partition coefficient (Wildman–Crippen LogP) is 3.64. The van der Waals surface area contributed by atoms with Gasteiger partial charge in [0.1, 0.15) is 11.6 Å². The highest BCUT2D eigenvalue weighted by atomic mass is 16.5. The van der Waals surface area contributed by atoms with Gasteiger partial charge < -0.3 is 14.6 Å². The molecule has 0 aliphatic rings. The highest BCUT2D eigenvalue weighted by Gasteiger charge is 2.23. The normalized spacial score (nSPS) is 12.3. The summed E-state index contributed by atoms with van der Waals surface area (Å²) in [6.45, 7) is 4.19. The number of nitrogens with zero attached hydrogens (tertiary/aromatic N) is 2. The van der Waals surface area contributed by atoms with Gasteiger partial charge in [0.2, 0.25) is 5.91 Å². The van der Waals surface area contributed by atoms with Crippen LogP contribution in [0, 0.1) is 5.92 Å². The number of aromatic nitrogens is 2. The summed E-state index contributed by atoms with van der Waals surface area (Å²) < 4.78 is 7.22. The number of aryl methyl sites for hydroxylation is 1.